The number of nitrogen functional groups attached to an aromatic ring is 1. The molecule has 0 saturated heterocycles. The molecule has 41 heavy (non-hydrogen) atoms. The van der Waals surface area contributed by atoms with Crippen molar-refractivity contribution in [1.29, 1.82) is 10.8 Å². The summed E-state index contributed by atoms with van der Waals surface area (Å²) < 4.78 is 13.1. The molecule has 218 valence electrons. The van der Waals surface area contributed by atoms with Crippen LogP contribution < -0.4 is 20.5 Å². The fraction of sp³-hybridized carbons (Fsp3) is 0.394. The molecule has 1 aliphatic rings. The molecule has 0 amide bonds. The number of benzene rings is 3. The number of para-hydroxylation sites is 1. The Balaban J connectivity index is 1.91. The Bertz CT molecular complexity index is 1390. The van der Waals surface area contributed by atoms with Gasteiger partial charge in [0.2, 0.25) is 0 Å². The summed E-state index contributed by atoms with van der Waals surface area (Å²) in [4.78, 5) is 3.70. The Morgan fingerprint density at radius 3 is 1.78 bits per heavy atom. The van der Waals surface area contributed by atoms with Crippen LogP contribution in [0, 0.1) is 29.6 Å². The normalized spacial score (nSPS) is 12.7. The van der Waals surface area contributed by atoms with Gasteiger partial charge in [-0.15, -0.1) is 0 Å². The summed E-state index contributed by atoms with van der Waals surface area (Å²) >= 11 is 3.14. The summed E-state index contributed by atoms with van der Waals surface area (Å²) in [6.45, 7) is 12.0. The average Bonchev–Trinajstić information content (AvgIpc) is 3.22. The number of hydrogen-bond donors (Lipinski definition) is 4. The van der Waals surface area contributed by atoms with Gasteiger partial charge in [-0.1, -0.05) is 81.0 Å². The fourth-order valence-corrected chi connectivity index (χ4v) is 6.78. The molecule has 0 saturated carbocycles. The van der Waals surface area contributed by atoms with Gasteiger partial charge in [-0.25, -0.2) is 0 Å². The van der Waals surface area contributed by atoms with Gasteiger partial charge in [0.25, 0.3) is 0 Å². The van der Waals surface area contributed by atoms with Crippen LogP contribution in [-0.4, -0.2) is 24.9 Å². The highest BCUT2D eigenvalue weighted by Crippen LogP contribution is 2.54. The number of fused-ring (bicyclic) bond motifs is 1. The van der Waals surface area contributed by atoms with Gasteiger partial charge in [-0.05, 0) is 68.7 Å². The second kappa shape index (κ2) is 14.2. The quantitative estimate of drug-likeness (QED) is 0.111. The lowest BCUT2D eigenvalue weighted by Crippen LogP contribution is -2.20. The van der Waals surface area contributed by atoms with E-state index in [0.29, 0.717) is 53.4 Å². The Hall–Kier alpha value is -3.10. The van der Waals surface area contributed by atoms with E-state index < -0.39 is 0 Å². The summed E-state index contributed by atoms with van der Waals surface area (Å²) in [5.41, 5.74) is 9.48. The van der Waals surface area contributed by atoms with Gasteiger partial charge < -0.3 is 20.5 Å². The molecule has 0 aliphatic carbocycles. The van der Waals surface area contributed by atoms with Crippen LogP contribution in [0.3, 0.4) is 0 Å². The topological polar surface area (TPSA) is 104 Å². The van der Waals surface area contributed by atoms with E-state index in [9.17, 15) is 0 Å². The molecule has 8 heteroatoms. The van der Waals surface area contributed by atoms with E-state index in [-0.39, 0.29) is 11.7 Å². The van der Waals surface area contributed by atoms with Crippen molar-refractivity contribution in [3.63, 3.8) is 0 Å². The average molecular weight is 591 g/mol. The molecular formula is C33H42N4O2S2. The molecule has 0 atom stereocenters. The van der Waals surface area contributed by atoms with Crippen LogP contribution in [0.5, 0.6) is 11.5 Å². The maximum atomic E-state index is 8.82. The second-order valence-corrected chi connectivity index (χ2v) is 13.4. The zero-order chi connectivity index (χ0) is 29.5. The predicted octanol–water partition coefficient (Wildman–Crippen LogP) is 8.76. The van der Waals surface area contributed by atoms with Crippen molar-refractivity contribution in [1.82, 2.24) is 5.32 Å². The number of anilines is 1. The molecule has 3 aromatic carbocycles. The summed E-state index contributed by atoms with van der Waals surface area (Å²) in [5, 5.41) is 20.6. The molecule has 0 aromatic heterocycles. The van der Waals surface area contributed by atoms with Crippen LogP contribution in [-0.2, 0) is 0 Å². The zero-order valence-corrected chi connectivity index (χ0v) is 26.4. The first-order chi connectivity index (χ1) is 19.7. The standard InChI is InChI=1S/C33H42N4O2S2/c1-20(2)10-8-18-38-28-26-27(33(36)37-32(26)35)29(39-19-9-11-21(3)4)31(41-25-13-7-6-12-24(25)34)30(28)40-23-16-14-22(5)15-17-23/h6-7,12-17,20-21H,8-11,18-19,34H2,1-5H3,(H3,35,36,37). The minimum absolute atomic E-state index is 0.158. The number of nitrogens with one attached hydrogen (secondary N) is 3. The Morgan fingerprint density at radius 2 is 1.27 bits per heavy atom. The molecule has 0 unspecified atom stereocenters. The first-order valence-electron chi connectivity index (χ1n) is 14.4. The van der Waals surface area contributed by atoms with Crippen molar-refractivity contribution >= 4 is 40.9 Å². The van der Waals surface area contributed by atoms with Gasteiger partial charge in [0.15, 0.2) is 0 Å². The van der Waals surface area contributed by atoms with Crippen LogP contribution in [0.25, 0.3) is 0 Å². The highest BCUT2D eigenvalue weighted by molar-refractivity contribution is 8.02. The SMILES string of the molecule is Cc1ccc(Sc2c(OCCCC(C)C)c3c(c(OCCCC(C)C)c2Sc2ccccc2N)C(=N)NC3=N)cc1. The smallest absolute Gasteiger partial charge is 0.146 e. The number of aryl methyl sites for hydroxylation is 1. The van der Waals surface area contributed by atoms with E-state index in [2.05, 4.69) is 64.2 Å². The van der Waals surface area contributed by atoms with E-state index in [1.165, 1.54) is 17.3 Å². The second-order valence-electron chi connectivity index (χ2n) is 11.3. The zero-order valence-electron chi connectivity index (χ0n) is 24.7. The third-order valence-electron chi connectivity index (χ3n) is 6.79. The van der Waals surface area contributed by atoms with E-state index in [0.717, 1.165) is 45.3 Å². The van der Waals surface area contributed by atoms with Gasteiger partial charge >= 0.3 is 0 Å². The summed E-state index contributed by atoms with van der Waals surface area (Å²) in [6.07, 6.45) is 3.90. The van der Waals surface area contributed by atoms with Crippen LogP contribution in [0.2, 0.25) is 0 Å². The third-order valence-corrected chi connectivity index (χ3v) is 9.21. The molecular weight excluding hydrogens is 549 g/mol. The number of rotatable bonds is 14. The molecule has 3 aromatic rings. The van der Waals surface area contributed by atoms with Gasteiger partial charge in [0.05, 0.1) is 34.1 Å². The van der Waals surface area contributed by atoms with E-state index >= 15 is 0 Å². The maximum Gasteiger partial charge on any atom is 0.146 e. The lowest BCUT2D eigenvalue weighted by molar-refractivity contribution is 0.277. The third kappa shape index (κ3) is 7.80. The summed E-state index contributed by atoms with van der Waals surface area (Å²) in [5.74, 6) is 2.71. The number of hydrogen-bond acceptors (Lipinski definition) is 7. The molecule has 5 N–H and O–H groups in total. The van der Waals surface area contributed by atoms with Gasteiger partial charge in [-0.3, -0.25) is 10.8 Å². The van der Waals surface area contributed by atoms with Crippen LogP contribution in [0.1, 0.15) is 70.1 Å². The molecule has 0 bridgehead atoms. The highest BCUT2D eigenvalue weighted by Gasteiger charge is 2.36. The van der Waals surface area contributed by atoms with Crippen molar-refractivity contribution in [2.75, 3.05) is 18.9 Å². The number of ether oxygens (including phenoxy) is 2. The number of nitrogens with two attached hydrogens (primary N) is 1. The van der Waals surface area contributed by atoms with Crippen LogP contribution in [0.15, 0.2) is 68.1 Å². The van der Waals surface area contributed by atoms with Crippen molar-refractivity contribution in [2.45, 2.75) is 79.9 Å². The highest BCUT2D eigenvalue weighted by atomic mass is 32.2. The lowest BCUT2D eigenvalue weighted by atomic mass is 10.1. The monoisotopic (exact) mass is 590 g/mol. The van der Waals surface area contributed by atoms with Crippen LogP contribution >= 0.6 is 23.5 Å². The Morgan fingerprint density at radius 1 is 0.756 bits per heavy atom. The first kappa shape index (κ1) is 30.8. The lowest BCUT2D eigenvalue weighted by Gasteiger charge is -2.23. The molecule has 0 fully saturated rings. The minimum atomic E-state index is 0.158. The molecule has 1 aliphatic heterocycles. The van der Waals surface area contributed by atoms with Crippen molar-refractivity contribution in [2.24, 2.45) is 11.8 Å². The van der Waals surface area contributed by atoms with Crippen LogP contribution in [0.4, 0.5) is 5.69 Å². The van der Waals surface area contributed by atoms with Gasteiger partial charge in [0, 0.05) is 15.5 Å². The molecule has 0 radical (unpaired) electrons. The fourth-order valence-electron chi connectivity index (χ4n) is 4.59. The molecule has 6 nitrogen and oxygen atoms in total. The summed E-state index contributed by atoms with van der Waals surface area (Å²) in [7, 11) is 0. The Kier molecular flexibility index (Phi) is 10.7. The molecule has 0 spiro atoms. The van der Waals surface area contributed by atoms with Gasteiger partial charge in [0.1, 0.15) is 23.2 Å². The number of amidine groups is 2. The van der Waals surface area contributed by atoms with Crippen molar-refractivity contribution in [3.05, 3.63) is 65.2 Å². The summed E-state index contributed by atoms with van der Waals surface area (Å²) in [6, 6.07) is 16.2. The minimum Gasteiger partial charge on any atom is -0.492 e. The van der Waals surface area contributed by atoms with Crippen molar-refractivity contribution < 1.29 is 9.47 Å². The van der Waals surface area contributed by atoms with E-state index in [1.807, 2.05) is 24.3 Å². The van der Waals surface area contributed by atoms with Gasteiger partial charge in [-0.2, -0.15) is 0 Å². The molecule has 1 heterocycles. The van der Waals surface area contributed by atoms with E-state index in [1.54, 1.807) is 11.8 Å². The maximum absolute atomic E-state index is 8.82. The largest absolute Gasteiger partial charge is 0.492 e. The molecule has 4 rings (SSSR count). The predicted molar refractivity (Wildman–Crippen MR) is 173 cm³/mol. The Labute approximate surface area is 253 Å². The van der Waals surface area contributed by atoms with E-state index in [4.69, 9.17) is 26.0 Å². The van der Waals surface area contributed by atoms with Crippen molar-refractivity contribution in [3.8, 4) is 11.5 Å². The first-order valence-corrected chi connectivity index (χ1v) is 16.0.